The normalized spacial score (nSPS) is 11.9. The van der Waals surface area contributed by atoms with Crippen molar-refractivity contribution in [2.24, 2.45) is 5.73 Å². The Morgan fingerprint density at radius 2 is 1.93 bits per heavy atom. The van der Waals surface area contributed by atoms with Crippen LogP contribution in [0.2, 0.25) is 0 Å². The van der Waals surface area contributed by atoms with Gasteiger partial charge in [0, 0.05) is 18.2 Å². The standard InChI is InChI=1S/C9H13NO3.ClH/c10-8(3-4-11)7-5-6(12)1-2-9(7)13;/h1-2,5,8,11-13H,3-4,10H2;1H. The summed E-state index contributed by atoms with van der Waals surface area (Å²) >= 11 is 0. The van der Waals surface area contributed by atoms with Crippen molar-refractivity contribution in [1.82, 2.24) is 0 Å². The number of phenols is 2. The van der Waals surface area contributed by atoms with Gasteiger partial charge in [-0.3, -0.25) is 0 Å². The first-order chi connectivity index (χ1) is 6.15. The number of hydrogen-bond donors (Lipinski definition) is 4. The number of halogens is 1. The van der Waals surface area contributed by atoms with Crippen molar-refractivity contribution in [3.05, 3.63) is 23.8 Å². The van der Waals surface area contributed by atoms with Crippen LogP contribution in [0.5, 0.6) is 11.5 Å². The van der Waals surface area contributed by atoms with Gasteiger partial charge < -0.3 is 21.1 Å². The summed E-state index contributed by atoms with van der Waals surface area (Å²) in [5.41, 5.74) is 6.10. The van der Waals surface area contributed by atoms with E-state index in [1.807, 2.05) is 0 Å². The summed E-state index contributed by atoms with van der Waals surface area (Å²) in [7, 11) is 0. The molecule has 0 aromatic heterocycles. The maximum Gasteiger partial charge on any atom is 0.120 e. The summed E-state index contributed by atoms with van der Waals surface area (Å²) in [6, 6.07) is 3.71. The summed E-state index contributed by atoms with van der Waals surface area (Å²) < 4.78 is 0. The second-order valence-electron chi connectivity index (χ2n) is 2.86. The zero-order valence-electron chi connectivity index (χ0n) is 7.55. The van der Waals surface area contributed by atoms with Crippen molar-refractivity contribution < 1.29 is 15.3 Å². The third-order valence-corrected chi connectivity index (χ3v) is 1.85. The molecule has 0 aliphatic carbocycles. The highest BCUT2D eigenvalue weighted by Crippen LogP contribution is 2.27. The molecule has 0 radical (unpaired) electrons. The van der Waals surface area contributed by atoms with Crippen LogP contribution in [0.25, 0.3) is 0 Å². The minimum Gasteiger partial charge on any atom is -0.508 e. The molecule has 1 aromatic carbocycles. The van der Waals surface area contributed by atoms with E-state index in [9.17, 15) is 5.11 Å². The van der Waals surface area contributed by atoms with E-state index < -0.39 is 6.04 Å². The number of nitrogens with two attached hydrogens (primary N) is 1. The van der Waals surface area contributed by atoms with E-state index in [1.165, 1.54) is 18.2 Å². The lowest BCUT2D eigenvalue weighted by Gasteiger charge is -2.12. The van der Waals surface area contributed by atoms with E-state index in [2.05, 4.69) is 0 Å². The van der Waals surface area contributed by atoms with Gasteiger partial charge in [0.2, 0.25) is 0 Å². The molecule has 4 nitrogen and oxygen atoms in total. The van der Waals surface area contributed by atoms with Gasteiger partial charge in [-0.1, -0.05) is 0 Å². The quantitative estimate of drug-likeness (QED) is 0.569. The zero-order valence-corrected chi connectivity index (χ0v) is 8.37. The molecule has 1 unspecified atom stereocenters. The molecule has 0 saturated heterocycles. The minimum absolute atomic E-state index is 0. The van der Waals surface area contributed by atoms with Gasteiger partial charge in [-0.25, -0.2) is 0 Å². The number of aliphatic hydroxyl groups is 1. The highest BCUT2D eigenvalue weighted by Gasteiger charge is 2.10. The highest BCUT2D eigenvalue weighted by atomic mass is 35.5. The second-order valence-corrected chi connectivity index (χ2v) is 2.86. The molecule has 1 aromatic rings. The largest absolute Gasteiger partial charge is 0.508 e. The summed E-state index contributed by atoms with van der Waals surface area (Å²) in [6.45, 7) is -0.0454. The van der Waals surface area contributed by atoms with Crippen LogP contribution >= 0.6 is 12.4 Å². The van der Waals surface area contributed by atoms with Gasteiger partial charge in [0.05, 0.1) is 0 Å². The molecule has 0 bridgehead atoms. The van der Waals surface area contributed by atoms with Crippen molar-refractivity contribution in [1.29, 1.82) is 0 Å². The van der Waals surface area contributed by atoms with Crippen LogP contribution < -0.4 is 5.73 Å². The number of rotatable bonds is 3. The second kappa shape index (κ2) is 5.70. The molecular weight excluding hydrogens is 206 g/mol. The molecule has 14 heavy (non-hydrogen) atoms. The number of aromatic hydroxyl groups is 2. The fourth-order valence-corrected chi connectivity index (χ4v) is 1.13. The molecule has 0 heterocycles. The first-order valence-corrected chi connectivity index (χ1v) is 4.03. The molecule has 0 amide bonds. The number of benzene rings is 1. The predicted octanol–water partition coefficient (Wildman–Crippen LogP) is 0.902. The Morgan fingerprint density at radius 1 is 1.29 bits per heavy atom. The van der Waals surface area contributed by atoms with Gasteiger partial charge in [-0.05, 0) is 24.6 Å². The summed E-state index contributed by atoms with van der Waals surface area (Å²) in [5.74, 6) is 0.0972. The molecule has 1 atom stereocenters. The van der Waals surface area contributed by atoms with Crippen molar-refractivity contribution in [3.63, 3.8) is 0 Å². The SMILES string of the molecule is Cl.NC(CCO)c1cc(O)ccc1O. The average molecular weight is 220 g/mol. The fourth-order valence-electron chi connectivity index (χ4n) is 1.13. The van der Waals surface area contributed by atoms with E-state index >= 15 is 0 Å². The Labute approximate surface area is 88.4 Å². The van der Waals surface area contributed by atoms with Crippen LogP contribution in [0.1, 0.15) is 18.0 Å². The Kier molecular flexibility index (Phi) is 5.30. The number of aliphatic hydroxyl groups excluding tert-OH is 1. The monoisotopic (exact) mass is 219 g/mol. The summed E-state index contributed by atoms with van der Waals surface area (Å²) in [5, 5.41) is 27.1. The van der Waals surface area contributed by atoms with Gasteiger partial charge >= 0.3 is 0 Å². The van der Waals surface area contributed by atoms with E-state index in [0.717, 1.165) is 0 Å². The third-order valence-electron chi connectivity index (χ3n) is 1.85. The molecule has 5 heteroatoms. The molecule has 5 N–H and O–H groups in total. The molecule has 0 aliphatic rings. The smallest absolute Gasteiger partial charge is 0.120 e. The minimum atomic E-state index is -0.447. The van der Waals surface area contributed by atoms with Crippen LogP contribution in [0.15, 0.2) is 18.2 Å². The molecular formula is C9H14ClNO3. The molecule has 1 rings (SSSR count). The van der Waals surface area contributed by atoms with Gasteiger partial charge in [0.15, 0.2) is 0 Å². The predicted molar refractivity (Wildman–Crippen MR) is 55.7 cm³/mol. The van der Waals surface area contributed by atoms with E-state index in [1.54, 1.807) is 0 Å². The Hall–Kier alpha value is -0.970. The van der Waals surface area contributed by atoms with E-state index in [-0.39, 0.29) is 30.5 Å². The average Bonchev–Trinajstić information content (AvgIpc) is 2.09. The number of phenolic OH excluding ortho intramolecular Hbond substituents is 2. The molecule has 0 fully saturated rings. The fraction of sp³-hybridized carbons (Fsp3) is 0.333. The lowest BCUT2D eigenvalue weighted by molar-refractivity contribution is 0.275. The van der Waals surface area contributed by atoms with Crippen LogP contribution in [-0.2, 0) is 0 Å². The van der Waals surface area contributed by atoms with Gasteiger partial charge in [0.1, 0.15) is 11.5 Å². The lowest BCUT2D eigenvalue weighted by Crippen LogP contribution is -2.11. The molecule has 80 valence electrons. The van der Waals surface area contributed by atoms with Gasteiger partial charge in [-0.2, -0.15) is 0 Å². The Morgan fingerprint density at radius 3 is 2.50 bits per heavy atom. The maximum atomic E-state index is 9.36. The van der Waals surface area contributed by atoms with Crippen molar-refractivity contribution in [3.8, 4) is 11.5 Å². The maximum absolute atomic E-state index is 9.36. The first kappa shape index (κ1) is 13.0. The molecule has 0 spiro atoms. The van der Waals surface area contributed by atoms with Gasteiger partial charge in [0.25, 0.3) is 0 Å². The van der Waals surface area contributed by atoms with E-state index in [4.69, 9.17) is 15.9 Å². The lowest BCUT2D eigenvalue weighted by atomic mass is 10.0. The Bertz CT molecular complexity index is 293. The van der Waals surface area contributed by atoms with Crippen LogP contribution in [0.4, 0.5) is 0 Å². The molecule has 0 saturated carbocycles. The first-order valence-electron chi connectivity index (χ1n) is 4.03. The van der Waals surface area contributed by atoms with Crippen molar-refractivity contribution in [2.45, 2.75) is 12.5 Å². The summed E-state index contributed by atoms with van der Waals surface area (Å²) in [4.78, 5) is 0. The van der Waals surface area contributed by atoms with Crippen molar-refractivity contribution in [2.75, 3.05) is 6.61 Å². The summed E-state index contributed by atoms with van der Waals surface area (Å²) in [6.07, 6.45) is 0.358. The van der Waals surface area contributed by atoms with Crippen LogP contribution in [-0.4, -0.2) is 21.9 Å². The van der Waals surface area contributed by atoms with Gasteiger partial charge in [-0.15, -0.1) is 12.4 Å². The van der Waals surface area contributed by atoms with Crippen LogP contribution in [0.3, 0.4) is 0 Å². The zero-order chi connectivity index (χ0) is 9.84. The Balaban J connectivity index is 0.00000169. The van der Waals surface area contributed by atoms with E-state index in [0.29, 0.717) is 12.0 Å². The number of hydrogen-bond acceptors (Lipinski definition) is 4. The third kappa shape index (κ3) is 3.06. The molecule has 0 aliphatic heterocycles. The van der Waals surface area contributed by atoms with Crippen molar-refractivity contribution >= 4 is 12.4 Å². The van der Waals surface area contributed by atoms with Crippen LogP contribution in [0, 0.1) is 0 Å². The highest BCUT2D eigenvalue weighted by molar-refractivity contribution is 5.85. The topological polar surface area (TPSA) is 86.7 Å².